The summed E-state index contributed by atoms with van der Waals surface area (Å²) in [5, 5.41) is 9.99. The maximum absolute atomic E-state index is 12.6. The molecule has 3 rings (SSSR count). The molecular weight excluding hydrogens is 363 g/mol. The molecule has 1 unspecified atom stereocenters. The predicted molar refractivity (Wildman–Crippen MR) is 84.2 cm³/mol. The van der Waals surface area contributed by atoms with E-state index in [-0.39, 0.29) is 11.3 Å². The summed E-state index contributed by atoms with van der Waals surface area (Å²) in [4.78, 5) is 1.92. The van der Waals surface area contributed by atoms with Gasteiger partial charge in [0, 0.05) is 13.1 Å². The van der Waals surface area contributed by atoms with Gasteiger partial charge in [0.25, 0.3) is 0 Å². The molecule has 0 aliphatic carbocycles. The fourth-order valence-electron chi connectivity index (χ4n) is 2.49. The fraction of sp³-hybridized carbons (Fsp3) is 0.333. The van der Waals surface area contributed by atoms with Crippen molar-refractivity contribution in [3.05, 3.63) is 46.1 Å². The van der Waals surface area contributed by atoms with Crippen LogP contribution in [0.1, 0.15) is 22.8 Å². The van der Waals surface area contributed by atoms with Crippen molar-refractivity contribution < 1.29 is 17.9 Å². The third-order valence-electron chi connectivity index (χ3n) is 3.71. The van der Waals surface area contributed by atoms with Crippen molar-refractivity contribution in [1.82, 2.24) is 4.37 Å². The van der Waals surface area contributed by atoms with Gasteiger partial charge < -0.3 is 9.64 Å². The minimum Gasteiger partial charge on any atom is -0.370 e. The molecule has 2 heterocycles. The molecule has 2 aromatic rings. The van der Waals surface area contributed by atoms with Gasteiger partial charge in [-0.05, 0) is 29.2 Å². The van der Waals surface area contributed by atoms with Crippen LogP contribution in [0, 0.1) is 11.3 Å². The summed E-state index contributed by atoms with van der Waals surface area (Å²) in [5.74, 6) is 0. The number of anilines is 1. The summed E-state index contributed by atoms with van der Waals surface area (Å²) >= 11 is 7.02. The summed E-state index contributed by atoms with van der Waals surface area (Å²) in [5.41, 5.74) is 0.275. The van der Waals surface area contributed by atoms with E-state index in [0.717, 1.165) is 23.7 Å². The summed E-state index contributed by atoms with van der Waals surface area (Å²) < 4.78 is 47.6. The minimum absolute atomic E-state index is 0.162. The highest BCUT2D eigenvalue weighted by atomic mass is 35.5. The van der Waals surface area contributed by atoms with Crippen LogP contribution in [0.2, 0.25) is 5.15 Å². The van der Waals surface area contributed by atoms with Gasteiger partial charge in [-0.3, -0.25) is 0 Å². The highest BCUT2D eigenvalue weighted by molar-refractivity contribution is 7.10. The Bertz CT molecular complexity index is 770. The summed E-state index contributed by atoms with van der Waals surface area (Å²) in [6.07, 6.45) is -4.74. The number of morpholine rings is 1. The normalized spacial score (nSPS) is 18.5. The fourth-order valence-corrected chi connectivity index (χ4v) is 3.56. The van der Waals surface area contributed by atoms with Gasteiger partial charge in [0.15, 0.2) is 5.15 Å². The summed E-state index contributed by atoms with van der Waals surface area (Å²) in [6.45, 7) is 1.37. The molecular formula is C15H11ClF3N3OS. The third kappa shape index (κ3) is 3.34. The van der Waals surface area contributed by atoms with Crippen molar-refractivity contribution in [2.24, 2.45) is 0 Å². The van der Waals surface area contributed by atoms with Gasteiger partial charge in [-0.1, -0.05) is 23.7 Å². The molecule has 1 fully saturated rings. The molecule has 1 aromatic carbocycles. The first kappa shape index (κ1) is 17.0. The van der Waals surface area contributed by atoms with E-state index in [2.05, 4.69) is 4.37 Å². The van der Waals surface area contributed by atoms with Crippen LogP contribution in [0.25, 0.3) is 0 Å². The topological polar surface area (TPSA) is 49.2 Å². The van der Waals surface area contributed by atoms with E-state index < -0.39 is 11.7 Å². The summed E-state index contributed by atoms with van der Waals surface area (Å²) in [7, 11) is 0. The lowest BCUT2D eigenvalue weighted by atomic mass is 10.1. The standard InChI is InChI=1S/C15H11ClF3N3OS/c16-13-11(7-20)14(24-21-13)22-5-6-23-12(8-22)9-1-3-10(4-2-9)15(17,18)19/h1-4,12H,5-6,8H2. The van der Waals surface area contributed by atoms with Gasteiger partial charge >= 0.3 is 6.18 Å². The first-order valence-corrected chi connectivity index (χ1v) is 8.14. The molecule has 0 N–H and O–H groups in total. The first-order chi connectivity index (χ1) is 11.4. The SMILES string of the molecule is N#Cc1c(Cl)nsc1N1CCOC(c2ccc(C(F)(F)F)cc2)C1. The average molecular weight is 374 g/mol. The van der Waals surface area contributed by atoms with Crippen molar-refractivity contribution in [3.63, 3.8) is 0 Å². The highest BCUT2D eigenvalue weighted by Gasteiger charge is 2.31. The number of nitriles is 1. The third-order valence-corrected chi connectivity index (χ3v) is 4.99. The van der Waals surface area contributed by atoms with E-state index in [0.29, 0.717) is 35.8 Å². The average Bonchev–Trinajstić information content (AvgIpc) is 2.95. The van der Waals surface area contributed by atoms with Crippen molar-refractivity contribution in [3.8, 4) is 6.07 Å². The Kier molecular flexibility index (Phi) is 4.67. The van der Waals surface area contributed by atoms with Crippen LogP contribution in [0.4, 0.5) is 18.2 Å². The highest BCUT2D eigenvalue weighted by Crippen LogP contribution is 2.35. The largest absolute Gasteiger partial charge is 0.416 e. The maximum atomic E-state index is 12.6. The molecule has 1 aliphatic heterocycles. The van der Waals surface area contributed by atoms with Crippen molar-refractivity contribution in [2.75, 3.05) is 24.6 Å². The number of nitrogens with zero attached hydrogens (tertiary/aromatic N) is 3. The molecule has 0 radical (unpaired) electrons. The van der Waals surface area contributed by atoms with E-state index in [4.69, 9.17) is 16.3 Å². The smallest absolute Gasteiger partial charge is 0.370 e. The number of alkyl halides is 3. The second-order valence-electron chi connectivity index (χ2n) is 5.19. The van der Waals surface area contributed by atoms with E-state index in [1.165, 1.54) is 12.1 Å². The quantitative estimate of drug-likeness (QED) is 0.789. The predicted octanol–water partition coefficient (Wildman–Crippen LogP) is 4.26. The number of hydrogen-bond acceptors (Lipinski definition) is 5. The van der Waals surface area contributed by atoms with E-state index >= 15 is 0 Å². The molecule has 1 saturated heterocycles. The molecule has 9 heteroatoms. The van der Waals surface area contributed by atoms with Crippen LogP contribution in [0.3, 0.4) is 0 Å². The molecule has 0 amide bonds. The number of aromatic nitrogens is 1. The zero-order chi connectivity index (χ0) is 17.3. The van der Waals surface area contributed by atoms with Crippen molar-refractivity contribution in [2.45, 2.75) is 12.3 Å². The Morgan fingerprint density at radius 2 is 2.04 bits per heavy atom. The van der Waals surface area contributed by atoms with Gasteiger partial charge in [-0.25, -0.2) is 0 Å². The van der Waals surface area contributed by atoms with Gasteiger partial charge in [-0.15, -0.1) is 0 Å². The number of halogens is 4. The molecule has 1 aromatic heterocycles. The molecule has 0 bridgehead atoms. The molecule has 1 aliphatic rings. The second kappa shape index (κ2) is 6.59. The Morgan fingerprint density at radius 1 is 1.33 bits per heavy atom. The lowest BCUT2D eigenvalue weighted by molar-refractivity contribution is -0.137. The molecule has 126 valence electrons. The van der Waals surface area contributed by atoms with Crippen molar-refractivity contribution in [1.29, 1.82) is 5.26 Å². The first-order valence-electron chi connectivity index (χ1n) is 6.99. The van der Waals surface area contributed by atoms with Gasteiger partial charge in [-0.2, -0.15) is 22.8 Å². The van der Waals surface area contributed by atoms with Crippen LogP contribution >= 0.6 is 23.1 Å². The van der Waals surface area contributed by atoms with Crippen LogP contribution in [-0.4, -0.2) is 24.1 Å². The Hall–Kier alpha value is -1.82. The van der Waals surface area contributed by atoms with E-state index in [1.807, 2.05) is 11.0 Å². The molecule has 0 saturated carbocycles. The number of benzene rings is 1. The zero-order valence-electron chi connectivity index (χ0n) is 12.2. The van der Waals surface area contributed by atoms with Gasteiger partial charge in [0.1, 0.15) is 22.7 Å². The lowest BCUT2D eigenvalue weighted by Crippen LogP contribution is -2.38. The molecule has 24 heavy (non-hydrogen) atoms. The number of hydrogen-bond donors (Lipinski definition) is 0. The van der Waals surface area contributed by atoms with Gasteiger partial charge in [0.05, 0.1) is 12.2 Å². The Morgan fingerprint density at radius 3 is 2.67 bits per heavy atom. The van der Waals surface area contributed by atoms with Crippen LogP contribution in [-0.2, 0) is 10.9 Å². The molecule has 0 spiro atoms. The van der Waals surface area contributed by atoms with Crippen LogP contribution < -0.4 is 4.90 Å². The Labute approximate surface area is 145 Å². The maximum Gasteiger partial charge on any atom is 0.416 e. The zero-order valence-corrected chi connectivity index (χ0v) is 13.8. The van der Waals surface area contributed by atoms with E-state index in [9.17, 15) is 18.4 Å². The second-order valence-corrected chi connectivity index (χ2v) is 6.30. The van der Waals surface area contributed by atoms with Crippen molar-refractivity contribution >= 4 is 28.1 Å². The van der Waals surface area contributed by atoms with Gasteiger partial charge in [0.2, 0.25) is 0 Å². The minimum atomic E-state index is -4.36. The Balaban J connectivity index is 1.80. The number of rotatable bonds is 2. The van der Waals surface area contributed by atoms with Crippen LogP contribution in [0.15, 0.2) is 24.3 Å². The van der Waals surface area contributed by atoms with Crippen LogP contribution in [0.5, 0.6) is 0 Å². The lowest BCUT2D eigenvalue weighted by Gasteiger charge is -2.33. The molecule has 1 atom stereocenters. The molecule has 4 nitrogen and oxygen atoms in total. The van der Waals surface area contributed by atoms with E-state index in [1.54, 1.807) is 0 Å². The summed E-state index contributed by atoms with van der Waals surface area (Å²) in [6, 6.07) is 6.95. The number of ether oxygens (including phenoxy) is 1. The monoisotopic (exact) mass is 373 g/mol.